The van der Waals surface area contributed by atoms with Crippen molar-refractivity contribution < 1.29 is 28.7 Å². The number of likely N-dealkylation sites (tertiary alicyclic amines) is 1. The summed E-state index contributed by atoms with van der Waals surface area (Å²) >= 11 is 5.98. The van der Waals surface area contributed by atoms with Gasteiger partial charge in [-0.15, -0.1) is 0 Å². The fraction of sp³-hybridized carbons (Fsp3) is 0.241. The number of esters is 1. The van der Waals surface area contributed by atoms with Gasteiger partial charge in [-0.3, -0.25) is 24.1 Å². The highest BCUT2D eigenvalue weighted by Crippen LogP contribution is 2.60. The van der Waals surface area contributed by atoms with E-state index in [1.165, 1.54) is 13.2 Å². The van der Waals surface area contributed by atoms with E-state index in [-0.39, 0.29) is 23.7 Å². The molecule has 7 rings (SSSR count). The lowest BCUT2D eigenvalue weighted by Gasteiger charge is -2.45. The smallest absolute Gasteiger partial charge is 0.326 e. The highest BCUT2D eigenvalue weighted by Gasteiger charge is 2.61. The second-order valence-corrected chi connectivity index (χ2v) is 10.0. The molecule has 4 aliphatic rings. The fourth-order valence-corrected chi connectivity index (χ4v) is 6.35. The third-order valence-electron chi connectivity index (χ3n) is 7.63. The van der Waals surface area contributed by atoms with E-state index in [2.05, 4.69) is 5.32 Å². The fourth-order valence-electron chi connectivity index (χ4n) is 6.18. The van der Waals surface area contributed by atoms with Gasteiger partial charge in [0, 0.05) is 16.9 Å². The van der Waals surface area contributed by atoms with Crippen LogP contribution in [0.1, 0.15) is 34.1 Å². The SMILES string of the molecule is COc1ccc(Cl)cc1NC(=O)COC(=O)CN1C(=O)[C@@H]2C3c4ccccc4C(c4ccccc43)[C@@H]2C1=O. The molecule has 192 valence electrons. The summed E-state index contributed by atoms with van der Waals surface area (Å²) < 4.78 is 10.3. The third-order valence-corrected chi connectivity index (χ3v) is 7.86. The standard InChI is InChI=1S/C29H23ClN2O6/c1-37-21-11-10-15(30)12-20(21)31-22(33)14-38-23(34)13-32-28(35)26-24-16-6-2-3-7-17(16)25(27(26)29(32)36)19-9-5-4-8-18(19)24/h2-12,24-27H,13-14H2,1H3,(H,31,33)/t24?,25?,26-,27+. The first-order chi connectivity index (χ1) is 18.4. The minimum Gasteiger partial charge on any atom is -0.495 e. The molecule has 38 heavy (non-hydrogen) atoms. The van der Waals surface area contributed by atoms with Crippen LogP contribution in [-0.4, -0.2) is 48.9 Å². The van der Waals surface area contributed by atoms with Crippen LogP contribution in [0.5, 0.6) is 5.75 Å². The summed E-state index contributed by atoms with van der Waals surface area (Å²) in [7, 11) is 1.45. The van der Waals surface area contributed by atoms with Crippen LogP contribution in [-0.2, 0) is 23.9 Å². The molecular formula is C29H23ClN2O6. The summed E-state index contributed by atoms with van der Waals surface area (Å²) in [4.78, 5) is 53.2. The summed E-state index contributed by atoms with van der Waals surface area (Å²) in [6.45, 7) is -1.15. The Balaban J connectivity index is 1.17. The van der Waals surface area contributed by atoms with E-state index in [0.29, 0.717) is 16.5 Å². The molecule has 8 nitrogen and oxygen atoms in total. The number of carbonyl (C=O) groups excluding carboxylic acids is 4. The van der Waals surface area contributed by atoms with Crippen LogP contribution >= 0.6 is 11.6 Å². The van der Waals surface area contributed by atoms with Crippen LogP contribution in [0.25, 0.3) is 0 Å². The normalized spacial score (nSPS) is 22.4. The van der Waals surface area contributed by atoms with Gasteiger partial charge in [-0.2, -0.15) is 0 Å². The van der Waals surface area contributed by atoms with Gasteiger partial charge in [-0.1, -0.05) is 60.1 Å². The van der Waals surface area contributed by atoms with Crippen molar-refractivity contribution >= 4 is 41.0 Å². The van der Waals surface area contributed by atoms with Crippen LogP contribution in [0.15, 0.2) is 66.7 Å². The van der Waals surface area contributed by atoms with E-state index < -0.39 is 36.9 Å². The van der Waals surface area contributed by atoms with Crippen LogP contribution in [0.3, 0.4) is 0 Å². The molecule has 3 aromatic rings. The maximum absolute atomic E-state index is 13.6. The zero-order chi connectivity index (χ0) is 26.6. The van der Waals surface area contributed by atoms with E-state index in [1.807, 2.05) is 48.5 Å². The molecule has 2 atom stereocenters. The lowest BCUT2D eigenvalue weighted by molar-refractivity contribution is -0.154. The molecule has 3 aromatic carbocycles. The Bertz CT molecular complexity index is 1390. The number of imide groups is 1. The number of halogens is 1. The maximum atomic E-state index is 13.6. The van der Waals surface area contributed by atoms with Crippen molar-refractivity contribution in [1.82, 2.24) is 4.90 Å². The Hall–Kier alpha value is -4.17. The summed E-state index contributed by atoms with van der Waals surface area (Å²) in [5.41, 5.74) is 4.53. The molecule has 0 aromatic heterocycles. The molecule has 0 unspecified atom stereocenters. The number of anilines is 1. The molecular weight excluding hydrogens is 508 g/mol. The Morgan fingerprint density at radius 2 is 1.39 bits per heavy atom. The molecule has 2 bridgehead atoms. The monoisotopic (exact) mass is 530 g/mol. The second-order valence-electron chi connectivity index (χ2n) is 9.58. The van der Waals surface area contributed by atoms with Gasteiger partial charge in [0.05, 0.1) is 24.6 Å². The molecule has 0 saturated carbocycles. The Morgan fingerprint density at radius 3 is 1.89 bits per heavy atom. The Kier molecular flexibility index (Phi) is 5.91. The average molecular weight is 531 g/mol. The molecule has 1 saturated heterocycles. The molecule has 3 aliphatic carbocycles. The number of methoxy groups -OCH3 is 1. The number of nitrogens with one attached hydrogen (secondary N) is 1. The van der Waals surface area contributed by atoms with Gasteiger partial charge in [0.25, 0.3) is 5.91 Å². The second kappa shape index (κ2) is 9.29. The average Bonchev–Trinajstić information content (AvgIpc) is 3.17. The number of nitrogens with zero attached hydrogens (tertiary/aromatic N) is 1. The predicted octanol–water partition coefficient (Wildman–Crippen LogP) is 3.72. The van der Waals surface area contributed by atoms with Crippen LogP contribution < -0.4 is 10.1 Å². The number of rotatable bonds is 6. The molecule has 1 aliphatic heterocycles. The van der Waals surface area contributed by atoms with Crippen molar-refractivity contribution in [2.75, 3.05) is 25.6 Å². The van der Waals surface area contributed by atoms with E-state index in [4.69, 9.17) is 21.1 Å². The number of carbonyl (C=O) groups is 4. The van der Waals surface area contributed by atoms with E-state index in [9.17, 15) is 19.2 Å². The summed E-state index contributed by atoms with van der Waals surface area (Å²) in [6.07, 6.45) is 0. The maximum Gasteiger partial charge on any atom is 0.326 e. The van der Waals surface area contributed by atoms with Crippen molar-refractivity contribution in [3.05, 3.63) is 94.0 Å². The molecule has 0 spiro atoms. The highest BCUT2D eigenvalue weighted by molar-refractivity contribution is 6.31. The zero-order valence-corrected chi connectivity index (χ0v) is 21.1. The largest absolute Gasteiger partial charge is 0.495 e. The van der Waals surface area contributed by atoms with Gasteiger partial charge in [0.1, 0.15) is 12.3 Å². The van der Waals surface area contributed by atoms with E-state index in [0.717, 1.165) is 27.2 Å². The summed E-state index contributed by atoms with van der Waals surface area (Å²) in [6, 6.07) is 20.5. The van der Waals surface area contributed by atoms with Crippen LogP contribution in [0.4, 0.5) is 5.69 Å². The van der Waals surface area contributed by atoms with Gasteiger partial charge in [0.15, 0.2) is 6.61 Å². The first-order valence-electron chi connectivity index (χ1n) is 12.2. The minimum absolute atomic E-state index is 0.256. The van der Waals surface area contributed by atoms with Crippen molar-refractivity contribution in [3.63, 3.8) is 0 Å². The lowest BCUT2D eigenvalue weighted by Crippen LogP contribution is -2.41. The van der Waals surface area contributed by atoms with Crippen LogP contribution in [0.2, 0.25) is 5.02 Å². The van der Waals surface area contributed by atoms with Crippen molar-refractivity contribution in [2.24, 2.45) is 11.8 Å². The topological polar surface area (TPSA) is 102 Å². The first kappa shape index (κ1) is 24.2. The molecule has 9 heteroatoms. The molecule has 3 amide bonds. The van der Waals surface area contributed by atoms with Gasteiger partial charge in [-0.05, 0) is 40.5 Å². The highest BCUT2D eigenvalue weighted by atomic mass is 35.5. The Morgan fingerprint density at radius 1 is 0.868 bits per heavy atom. The number of hydrogen-bond acceptors (Lipinski definition) is 6. The minimum atomic E-state index is -0.846. The Labute approximate surface area is 223 Å². The molecule has 1 heterocycles. The van der Waals surface area contributed by atoms with Gasteiger partial charge < -0.3 is 14.8 Å². The number of amides is 3. The third kappa shape index (κ3) is 3.75. The van der Waals surface area contributed by atoms with Crippen molar-refractivity contribution in [3.8, 4) is 5.75 Å². The summed E-state index contributed by atoms with van der Waals surface area (Å²) in [5.74, 6) is -3.51. The number of ether oxygens (including phenoxy) is 2. The molecule has 1 fully saturated rings. The van der Waals surface area contributed by atoms with Gasteiger partial charge >= 0.3 is 5.97 Å². The van der Waals surface area contributed by atoms with Crippen LogP contribution in [0, 0.1) is 11.8 Å². The summed E-state index contributed by atoms with van der Waals surface area (Å²) in [5, 5.41) is 2.97. The van der Waals surface area contributed by atoms with Crippen molar-refractivity contribution in [1.29, 1.82) is 0 Å². The lowest BCUT2D eigenvalue weighted by atomic mass is 9.55. The van der Waals surface area contributed by atoms with Gasteiger partial charge in [0.2, 0.25) is 11.8 Å². The number of benzene rings is 3. The predicted molar refractivity (Wildman–Crippen MR) is 138 cm³/mol. The molecule has 0 radical (unpaired) electrons. The number of hydrogen-bond donors (Lipinski definition) is 1. The molecule has 1 N–H and O–H groups in total. The van der Waals surface area contributed by atoms with Crippen molar-refractivity contribution in [2.45, 2.75) is 11.8 Å². The zero-order valence-electron chi connectivity index (χ0n) is 20.3. The van der Waals surface area contributed by atoms with E-state index in [1.54, 1.807) is 12.1 Å². The van der Waals surface area contributed by atoms with E-state index >= 15 is 0 Å². The first-order valence-corrected chi connectivity index (χ1v) is 12.6. The van der Waals surface area contributed by atoms with Gasteiger partial charge in [-0.25, -0.2) is 0 Å². The quantitative estimate of drug-likeness (QED) is 0.385.